The van der Waals surface area contributed by atoms with E-state index in [1.54, 1.807) is 12.5 Å². The Kier molecular flexibility index (Phi) is 11.0. The van der Waals surface area contributed by atoms with Gasteiger partial charge < -0.3 is 35.5 Å². The number of ether oxygens (including phenoxy) is 1. The summed E-state index contributed by atoms with van der Waals surface area (Å²) in [6, 6.07) is -0.823. The maximum Gasteiger partial charge on any atom is 0.237 e. The van der Waals surface area contributed by atoms with E-state index in [-0.39, 0.29) is 17.9 Å². The average molecular weight is 462 g/mol. The van der Waals surface area contributed by atoms with Crippen molar-refractivity contribution in [1.82, 2.24) is 10.6 Å². The van der Waals surface area contributed by atoms with Crippen LogP contribution >= 0.6 is 11.8 Å². The van der Waals surface area contributed by atoms with Gasteiger partial charge in [-0.1, -0.05) is 19.0 Å². The fraction of sp³-hybridized carbons (Fsp3) is 0.905. The Balaban J connectivity index is 1.97. The van der Waals surface area contributed by atoms with Gasteiger partial charge in [0.15, 0.2) is 0 Å². The molecule has 0 aliphatic carbocycles. The van der Waals surface area contributed by atoms with E-state index in [1.807, 2.05) is 20.8 Å². The molecule has 0 spiro atoms. The van der Waals surface area contributed by atoms with E-state index in [2.05, 4.69) is 15.8 Å². The molecule has 0 radical (unpaired) electrons. The lowest BCUT2D eigenvalue weighted by atomic mass is 9.86. The summed E-state index contributed by atoms with van der Waals surface area (Å²) in [4.78, 5) is 18.0. The summed E-state index contributed by atoms with van der Waals surface area (Å²) in [6.45, 7) is 7.07. The molecule has 180 valence electrons. The van der Waals surface area contributed by atoms with Crippen molar-refractivity contribution in [2.45, 2.75) is 88.4 Å². The SMILES string of the molecule is CCO/N=C\CCC1CCNC(C(=O)NC(C(C)C)C2OC(SC)C(O)C(O)C2O)C1. The first-order valence-electron chi connectivity index (χ1n) is 11.2. The van der Waals surface area contributed by atoms with Crippen molar-refractivity contribution in [1.29, 1.82) is 0 Å². The molecule has 0 bridgehead atoms. The number of oxime groups is 1. The van der Waals surface area contributed by atoms with E-state index in [0.29, 0.717) is 12.5 Å². The quantitative estimate of drug-likeness (QED) is 0.234. The van der Waals surface area contributed by atoms with Crippen LogP contribution in [-0.2, 0) is 14.4 Å². The second-order valence-corrected chi connectivity index (χ2v) is 9.57. The molecule has 1 amide bonds. The number of rotatable bonds is 10. The van der Waals surface area contributed by atoms with Gasteiger partial charge in [-0.2, -0.15) is 0 Å². The summed E-state index contributed by atoms with van der Waals surface area (Å²) in [5, 5.41) is 41.1. The van der Waals surface area contributed by atoms with E-state index in [0.717, 1.165) is 32.2 Å². The largest absolute Gasteiger partial charge is 0.396 e. The maximum absolute atomic E-state index is 13.0. The van der Waals surface area contributed by atoms with Crippen LogP contribution in [0.2, 0.25) is 0 Å². The predicted octanol–water partition coefficient (Wildman–Crippen LogP) is 0.469. The highest BCUT2D eigenvalue weighted by Gasteiger charge is 2.47. The van der Waals surface area contributed by atoms with Crippen molar-refractivity contribution in [3.8, 4) is 0 Å². The number of piperidine rings is 1. The zero-order chi connectivity index (χ0) is 23.0. The molecular formula is C21H39N3O6S. The number of carbonyl (C=O) groups excluding carboxylic acids is 1. The van der Waals surface area contributed by atoms with Crippen molar-refractivity contribution >= 4 is 23.9 Å². The second-order valence-electron chi connectivity index (χ2n) is 8.64. The molecule has 8 atom stereocenters. The van der Waals surface area contributed by atoms with Crippen molar-refractivity contribution < 1.29 is 29.7 Å². The van der Waals surface area contributed by atoms with Gasteiger partial charge in [0.05, 0.1) is 12.1 Å². The number of nitrogens with zero attached hydrogens (tertiary/aromatic N) is 1. The Morgan fingerprint density at radius 3 is 2.71 bits per heavy atom. The molecule has 0 aromatic rings. The lowest BCUT2D eigenvalue weighted by molar-refractivity contribution is -0.208. The molecule has 2 aliphatic heterocycles. The van der Waals surface area contributed by atoms with Crippen molar-refractivity contribution in [2.75, 3.05) is 19.4 Å². The number of thioether (sulfide) groups is 1. The van der Waals surface area contributed by atoms with Crippen LogP contribution in [0.3, 0.4) is 0 Å². The molecule has 0 saturated carbocycles. The summed E-state index contributed by atoms with van der Waals surface area (Å²) in [7, 11) is 0. The number of amides is 1. The summed E-state index contributed by atoms with van der Waals surface area (Å²) in [5.74, 6) is 0.239. The normalized spacial score (nSPS) is 35.3. The predicted molar refractivity (Wildman–Crippen MR) is 121 cm³/mol. The molecule has 8 unspecified atom stereocenters. The number of aliphatic hydroxyl groups is 3. The third kappa shape index (κ3) is 7.30. The zero-order valence-corrected chi connectivity index (χ0v) is 19.8. The third-order valence-corrected chi connectivity index (χ3v) is 6.89. The Bertz CT molecular complexity index is 579. The third-order valence-electron chi connectivity index (χ3n) is 6.03. The Morgan fingerprint density at radius 1 is 1.32 bits per heavy atom. The summed E-state index contributed by atoms with van der Waals surface area (Å²) in [6.07, 6.45) is 2.42. The van der Waals surface area contributed by atoms with Gasteiger partial charge in [0.1, 0.15) is 36.5 Å². The standard InChI is InChI=1S/C21H39N3O6S/c1-5-29-23-9-6-7-13-8-10-22-14(11-13)20(28)24-15(12(2)3)19-17(26)16(25)18(27)21(30-19)31-4/h9,12-19,21-22,25-27H,5-8,10-11H2,1-4H3,(H,24,28)/b23-9-. The highest BCUT2D eigenvalue weighted by molar-refractivity contribution is 7.99. The van der Waals surface area contributed by atoms with Crippen LogP contribution in [0.1, 0.15) is 46.5 Å². The van der Waals surface area contributed by atoms with E-state index < -0.39 is 35.9 Å². The van der Waals surface area contributed by atoms with Gasteiger partial charge >= 0.3 is 0 Å². The van der Waals surface area contributed by atoms with Gasteiger partial charge in [-0.3, -0.25) is 4.79 Å². The van der Waals surface area contributed by atoms with Gasteiger partial charge in [-0.05, 0) is 57.2 Å². The molecule has 2 saturated heterocycles. The van der Waals surface area contributed by atoms with E-state index in [9.17, 15) is 20.1 Å². The van der Waals surface area contributed by atoms with Crippen LogP contribution in [0, 0.1) is 11.8 Å². The van der Waals surface area contributed by atoms with Crippen LogP contribution < -0.4 is 10.6 Å². The Hall–Kier alpha value is -0.910. The fourth-order valence-electron chi connectivity index (χ4n) is 4.21. The molecular weight excluding hydrogens is 422 g/mol. The van der Waals surface area contributed by atoms with Crippen LogP contribution in [0.5, 0.6) is 0 Å². The number of carbonyl (C=O) groups is 1. The fourth-order valence-corrected chi connectivity index (χ4v) is 4.89. The average Bonchev–Trinajstić information content (AvgIpc) is 2.76. The van der Waals surface area contributed by atoms with E-state index in [1.165, 1.54) is 11.8 Å². The molecule has 2 rings (SSSR count). The summed E-state index contributed by atoms with van der Waals surface area (Å²) in [5.41, 5.74) is -0.669. The number of hydrogen-bond acceptors (Lipinski definition) is 9. The Labute approximate surface area is 189 Å². The van der Waals surface area contributed by atoms with Gasteiger partial charge in [-0.15, -0.1) is 11.8 Å². The first-order valence-corrected chi connectivity index (χ1v) is 12.5. The lowest BCUT2D eigenvalue weighted by Gasteiger charge is -2.44. The zero-order valence-electron chi connectivity index (χ0n) is 18.9. The number of aliphatic hydroxyl groups excluding tert-OH is 3. The lowest BCUT2D eigenvalue weighted by Crippen LogP contribution is -2.65. The second kappa shape index (κ2) is 13.0. The highest BCUT2D eigenvalue weighted by Crippen LogP contribution is 2.30. The van der Waals surface area contributed by atoms with Gasteiger partial charge in [-0.25, -0.2) is 0 Å². The molecule has 0 aromatic carbocycles. The van der Waals surface area contributed by atoms with E-state index >= 15 is 0 Å². The maximum atomic E-state index is 13.0. The molecule has 5 N–H and O–H groups in total. The molecule has 0 aromatic heterocycles. The smallest absolute Gasteiger partial charge is 0.237 e. The molecule has 2 fully saturated rings. The molecule has 9 nitrogen and oxygen atoms in total. The van der Waals surface area contributed by atoms with Crippen molar-refractivity contribution in [2.24, 2.45) is 17.0 Å². The minimum Gasteiger partial charge on any atom is -0.396 e. The van der Waals surface area contributed by atoms with Crippen LogP contribution in [0.25, 0.3) is 0 Å². The van der Waals surface area contributed by atoms with Crippen LogP contribution in [0.4, 0.5) is 0 Å². The Morgan fingerprint density at radius 2 is 2.06 bits per heavy atom. The summed E-state index contributed by atoms with van der Waals surface area (Å²) < 4.78 is 5.89. The summed E-state index contributed by atoms with van der Waals surface area (Å²) >= 11 is 1.26. The van der Waals surface area contributed by atoms with Crippen molar-refractivity contribution in [3.05, 3.63) is 0 Å². The monoisotopic (exact) mass is 461 g/mol. The number of hydrogen-bond donors (Lipinski definition) is 5. The van der Waals surface area contributed by atoms with Gasteiger partial charge in [0.25, 0.3) is 0 Å². The van der Waals surface area contributed by atoms with Gasteiger partial charge in [0.2, 0.25) is 5.91 Å². The van der Waals surface area contributed by atoms with Crippen LogP contribution in [-0.4, -0.2) is 88.8 Å². The minimum atomic E-state index is -1.33. The topological polar surface area (TPSA) is 133 Å². The highest BCUT2D eigenvalue weighted by atomic mass is 32.2. The number of nitrogens with one attached hydrogen (secondary N) is 2. The van der Waals surface area contributed by atoms with Gasteiger partial charge in [0, 0.05) is 6.21 Å². The van der Waals surface area contributed by atoms with Crippen molar-refractivity contribution in [3.63, 3.8) is 0 Å². The first-order chi connectivity index (χ1) is 14.8. The van der Waals surface area contributed by atoms with Crippen LogP contribution in [0.15, 0.2) is 5.16 Å². The first kappa shape index (κ1) is 26.3. The minimum absolute atomic E-state index is 0.0392. The molecule has 31 heavy (non-hydrogen) atoms. The van der Waals surface area contributed by atoms with E-state index in [4.69, 9.17) is 9.57 Å². The molecule has 10 heteroatoms. The molecule has 2 heterocycles. The molecule has 2 aliphatic rings.